The van der Waals surface area contributed by atoms with Crippen LogP contribution in [0.5, 0.6) is 0 Å². The second-order valence-corrected chi connectivity index (χ2v) is 11.0. The quantitative estimate of drug-likeness (QED) is 0.153. The largest absolute Gasteiger partial charge is 0.357 e. The zero-order chi connectivity index (χ0) is 27.5. The lowest BCUT2D eigenvalue weighted by atomic mass is 10.1. The molecule has 7 heteroatoms. The maximum Gasteiger partial charge on any atom is 0.209 e. The Bertz CT molecular complexity index is 1160. The number of rotatable bonds is 16. The summed E-state index contributed by atoms with van der Waals surface area (Å²) in [5.41, 5.74) is 3.51. The molecule has 1 fully saturated rings. The molecular formula is C32H48N6O. The number of nitrogens with one attached hydrogen (secondary N) is 1. The molecule has 3 heterocycles. The number of carbonyl (C=O) groups is 1. The molecule has 1 saturated heterocycles. The lowest BCUT2D eigenvalue weighted by Crippen LogP contribution is -2.31. The average Bonchev–Trinajstić information content (AvgIpc) is 3.29. The van der Waals surface area contributed by atoms with Crippen LogP contribution in [0.1, 0.15) is 95.3 Å². The second kappa shape index (κ2) is 15.0. The van der Waals surface area contributed by atoms with Crippen LogP contribution < -0.4 is 10.2 Å². The number of imidazole rings is 1. The zero-order valence-corrected chi connectivity index (χ0v) is 24.4. The Morgan fingerprint density at radius 3 is 2.18 bits per heavy atom. The monoisotopic (exact) mass is 532 g/mol. The van der Waals surface area contributed by atoms with Gasteiger partial charge in [0.05, 0.1) is 0 Å². The minimum absolute atomic E-state index is 0.0747. The summed E-state index contributed by atoms with van der Waals surface area (Å²) in [4.78, 5) is 27.0. The molecule has 0 amide bonds. The number of aromatic nitrogens is 3. The number of Topliss-reactive ketones (excluding diaryl/α,β-unsaturated/α-hetero) is 1. The van der Waals surface area contributed by atoms with E-state index in [4.69, 9.17) is 9.97 Å². The Hall–Kier alpha value is -2.93. The lowest BCUT2D eigenvalue weighted by Gasteiger charge is -2.26. The topological polar surface area (TPSA) is 66.3 Å². The number of hydrogen-bond donors (Lipinski definition) is 1. The van der Waals surface area contributed by atoms with E-state index in [9.17, 15) is 4.79 Å². The van der Waals surface area contributed by atoms with Crippen molar-refractivity contribution >= 4 is 34.4 Å². The van der Waals surface area contributed by atoms with E-state index in [1.54, 1.807) is 6.92 Å². The third-order valence-electron chi connectivity index (χ3n) is 7.82. The van der Waals surface area contributed by atoms with Gasteiger partial charge in [0.25, 0.3) is 0 Å². The molecule has 1 aliphatic rings. The van der Waals surface area contributed by atoms with Crippen LogP contribution in [0.2, 0.25) is 0 Å². The van der Waals surface area contributed by atoms with Crippen molar-refractivity contribution in [2.45, 2.75) is 91.5 Å². The first kappa shape index (κ1) is 29.1. The first-order valence-electron chi connectivity index (χ1n) is 15.3. The maximum atomic E-state index is 11.7. The number of piperidine rings is 1. The summed E-state index contributed by atoms with van der Waals surface area (Å²) < 4.78 is 2.26. The van der Waals surface area contributed by atoms with Crippen LogP contribution in [0.25, 0.3) is 11.2 Å². The number of unbranched alkanes of at least 4 members (excludes halogenated alkanes) is 4. The Balaban J connectivity index is 1.60. The number of benzene rings is 1. The van der Waals surface area contributed by atoms with Crippen LogP contribution in [0.15, 0.2) is 36.4 Å². The molecule has 212 valence electrons. The maximum absolute atomic E-state index is 11.7. The average molecular weight is 533 g/mol. The molecule has 0 spiro atoms. The molecule has 4 rings (SSSR count). The van der Waals surface area contributed by atoms with Gasteiger partial charge in [-0.3, -0.25) is 9.36 Å². The van der Waals surface area contributed by atoms with Gasteiger partial charge >= 0.3 is 0 Å². The molecule has 1 aliphatic heterocycles. The van der Waals surface area contributed by atoms with Crippen molar-refractivity contribution in [3.63, 3.8) is 0 Å². The minimum atomic E-state index is 0.0747. The first-order valence-corrected chi connectivity index (χ1v) is 15.3. The van der Waals surface area contributed by atoms with Crippen LogP contribution >= 0.6 is 0 Å². The molecule has 0 atom stereocenters. The lowest BCUT2D eigenvalue weighted by molar-refractivity contribution is 0.101. The molecule has 7 nitrogen and oxygen atoms in total. The molecule has 0 bridgehead atoms. The van der Waals surface area contributed by atoms with Crippen molar-refractivity contribution < 1.29 is 4.79 Å². The van der Waals surface area contributed by atoms with E-state index in [1.807, 2.05) is 24.3 Å². The van der Waals surface area contributed by atoms with Gasteiger partial charge in [0, 0.05) is 30.9 Å². The summed E-state index contributed by atoms with van der Waals surface area (Å²) in [5.74, 6) is 1.95. The van der Waals surface area contributed by atoms with Crippen LogP contribution in [0.4, 0.5) is 17.5 Å². The molecule has 0 radical (unpaired) electrons. The zero-order valence-electron chi connectivity index (χ0n) is 24.4. The number of likely N-dealkylation sites (tertiary alicyclic amines) is 1. The molecule has 2 aromatic heterocycles. The molecule has 0 saturated carbocycles. The highest BCUT2D eigenvalue weighted by atomic mass is 16.1. The number of pyridine rings is 1. The summed E-state index contributed by atoms with van der Waals surface area (Å²) in [5, 5.41) is 3.52. The first-order chi connectivity index (χ1) is 19.1. The standard InChI is InChI=1S/C32H48N6O/c1-4-6-9-23-37(24-10-7-5-2)30-19-18-29-31(35-30)38(25-13-22-36-20-11-8-12-21-36)32(34-29)33-28-16-14-27(15-17-28)26(3)39/h14-19H,4-13,20-25H2,1-3H3,(H,33,34). The van der Waals surface area contributed by atoms with Crippen LogP contribution in [0, 0.1) is 0 Å². The summed E-state index contributed by atoms with van der Waals surface area (Å²) in [6, 6.07) is 11.9. The van der Waals surface area contributed by atoms with Gasteiger partial charge in [-0.25, -0.2) is 9.97 Å². The molecule has 3 aromatic rings. The highest BCUT2D eigenvalue weighted by molar-refractivity contribution is 5.94. The van der Waals surface area contributed by atoms with Gasteiger partial charge in [-0.2, -0.15) is 0 Å². The Kier molecular flexibility index (Phi) is 11.2. The summed E-state index contributed by atoms with van der Waals surface area (Å²) in [6.07, 6.45) is 12.4. The van der Waals surface area contributed by atoms with E-state index in [0.717, 1.165) is 61.2 Å². The van der Waals surface area contributed by atoms with Crippen LogP contribution in [0.3, 0.4) is 0 Å². The van der Waals surface area contributed by atoms with E-state index < -0.39 is 0 Å². The predicted octanol–water partition coefficient (Wildman–Crippen LogP) is 7.44. The van der Waals surface area contributed by atoms with Crippen molar-refractivity contribution in [2.75, 3.05) is 42.9 Å². The van der Waals surface area contributed by atoms with Gasteiger partial charge in [-0.15, -0.1) is 0 Å². The van der Waals surface area contributed by atoms with Crippen molar-refractivity contribution in [2.24, 2.45) is 0 Å². The number of fused-ring (bicyclic) bond motifs is 1. The number of ketones is 1. The fraction of sp³-hybridized carbons (Fsp3) is 0.594. The van der Waals surface area contributed by atoms with Gasteiger partial charge in [0.1, 0.15) is 11.3 Å². The third-order valence-corrected chi connectivity index (χ3v) is 7.82. The Morgan fingerprint density at radius 2 is 1.54 bits per heavy atom. The Labute approximate surface area is 235 Å². The van der Waals surface area contributed by atoms with E-state index in [1.165, 1.54) is 70.9 Å². The molecule has 0 unspecified atom stereocenters. The summed E-state index contributed by atoms with van der Waals surface area (Å²) >= 11 is 0. The Morgan fingerprint density at radius 1 is 0.846 bits per heavy atom. The normalized spacial score (nSPS) is 14.1. The number of carbonyl (C=O) groups excluding carboxylic acids is 1. The third kappa shape index (κ3) is 8.28. The minimum Gasteiger partial charge on any atom is -0.357 e. The van der Waals surface area contributed by atoms with Crippen LogP contribution in [-0.4, -0.2) is 57.9 Å². The molecular weight excluding hydrogens is 484 g/mol. The summed E-state index contributed by atoms with van der Waals surface area (Å²) in [7, 11) is 0. The number of aryl methyl sites for hydroxylation is 1. The predicted molar refractivity (Wildman–Crippen MR) is 163 cm³/mol. The van der Waals surface area contributed by atoms with Crippen molar-refractivity contribution in [1.82, 2.24) is 19.4 Å². The molecule has 39 heavy (non-hydrogen) atoms. The fourth-order valence-corrected chi connectivity index (χ4v) is 5.47. The van der Waals surface area contributed by atoms with E-state index in [2.05, 4.69) is 45.7 Å². The van der Waals surface area contributed by atoms with Gasteiger partial charge in [0.15, 0.2) is 11.4 Å². The number of anilines is 3. The van der Waals surface area contributed by atoms with Crippen molar-refractivity contribution in [1.29, 1.82) is 0 Å². The SMILES string of the molecule is CCCCCN(CCCCC)c1ccc2nc(Nc3ccc(C(C)=O)cc3)n(CCCN3CCCCC3)c2n1. The van der Waals surface area contributed by atoms with Crippen molar-refractivity contribution in [3.05, 3.63) is 42.0 Å². The van der Waals surface area contributed by atoms with E-state index >= 15 is 0 Å². The highest BCUT2D eigenvalue weighted by Gasteiger charge is 2.17. The van der Waals surface area contributed by atoms with Gasteiger partial charge in [-0.05, 0) is 95.1 Å². The number of nitrogens with zero attached hydrogens (tertiary/aromatic N) is 5. The summed E-state index contributed by atoms with van der Waals surface area (Å²) in [6.45, 7) is 12.6. The van der Waals surface area contributed by atoms with E-state index in [-0.39, 0.29) is 5.78 Å². The molecule has 0 aliphatic carbocycles. The smallest absolute Gasteiger partial charge is 0.209 e. The van der Waals surface area contributed by atoms with Gasteiger partial charge < -0.3 is 15.1 Å². The second-order valence-electron chi connectivity index (χ2n) is 11.0. The van der Waals surface area contributed by atoms with Crippen LogP contribution in [-0.2, 0) is 6.54 Å². The van der Waals surface area contributed by atoms with E-state index in [0.29, 0.717) is 5.56 Å². The van der Waals surface area contributed by atoms with Gasteiger partial charge in [-0.1, -0.05) is 46.0 Å². The van der Waals surface area contributed by atoms with Gasteiger partial charge in [0.2, 0.25) is 5.95 Å². The fourth-order valence-electron chi connectivity index (χ4n) is 5.47. The highest BCUT2D eigenvalue weighted by Crippen LogP contribution is 2.26. The molecule has 1 N–H and O–H groups in total. The molecule has 1 aromatic carbocycles. The number of hydrogen-bond acceptors (Lipinski definition) is 6. The van der Waals surface area contributed by atoms with Crippen molar-refractivity contribution in [3.8, 4) is 0 Å².